The maximum atomic E-state index is 12.5. The minimum absolute atomic E-state index is 0.300. The number of nitrogens with zero attached hydrogens (tertiary/aromatic N) is 3. The SMILES string of the molecule is CCCN1CCc2c(ccc(OC)c2C(C)C)C1.COc1ccc2c(c1C(C)C)CCN(CC(F)(F)F)C2.Cc1c(O)ccc2c1CCN(C1CCCCC1)C2. The summed E-state index contributed by atoms with van der Waals surface area (Å²) < 4.78 is 48.4. The number of halogens is 3. The molecule has 9 heteroatoms. The quantitative estimate of drug-likeness (QED) is 0.246. The normalized spacial score (nSPS) is 17.9. The zero-order valence-electron chi connectivity index (χ0n) is 35.5. The van der Waals surface area contributed by atoms with Gasteiger partial charge in [-0.15, -0.1) is 0 Å². The Bertz CT molecular complexity index is 1730. The van der Waals surface area contributed by atoms with Gasteiger partial charge in [-0.1, -0.05) is 72.1 Å². The summed E-state index contributed by atoms with van der Waals surface area (Å²) in [5, 5.41) is 9.78. The predicted octanol–water partition coefficient (Wildman–Crippen LogP) is 10.7. The smallest absolute Gasteiger partial charge is 0.401 e. The van der Waals surface area contributed by atoms with Gasteiger partial charge in [0, 0.05) is 56.4 Å². The summed E-state index contributed by atoms with van der Waals surface area (Å²) in [5.41, 5.74) is 11.7. The van der Waals surface area contributed by atoms with Gasteiger partial charge in [0.1, 0.15) is 17.2 Å². The van der Waals surface area contributed by atoms with Crippen molar-refractivity contribution in [2.75, 3.05) is 46.9 Å². The van der Waals surface area contributed by atoms with E-state index in [0.717, 1.165) is 59.3 Å². The van der Waals surface area contributed by atoms with Crippen LogP contribution in [-0.4, -0.2) is 79.0 Å². The topological polar surface area (TPSA) is 48.4 Å². The zero-order chi connectivity index (χ0) is 40.6. The molecule has 0 atom stereocenters. The Hall–Kier alpha value is -3.27. The van der Waals surface area contributed by atoms with E-state index in [9.17, 15) is 18.3 Å². The van der Waals surface area contributed by atoms with Gasteiger partial charge in [0.25, 0.3) is 0 Å². The largest absolute Gasteiger partial charge is 0.508 e. The number of hydrogen-bond acceptors (Lipinski definition) is 6. The summed E-state index contributed by atoms with van der Waals surface area (Å²) in [7, 11) is 3.41. The molecule has 0 radical (unpaired) electrons. The van der Waals surface area contributed by atoms with Crippen molar-refractivity contribution in [1.29, 1.82) is 0 Å². The minimum Gasteiger partial charge on any atom is -0.508 e. The summed E-state index contributed by atoms with van der Waals surface area (Å²) in [4.78, 5) is 6.68. The molecule has 0 spiro atoms. The Morgan fingerprint density at radius 2 is 1.20 bits per heavy atom. The summed E-state index contributed by atoms with van der Waals surface area (Å²) >= 11 is 0. The van der Waals surface area contributed by atoms with E-state index in [4.69, 9.17) is 9.47 Å². The van der Waals surface area contributed by atoms with Crippen LogP contribution in [0.2, 0.25) is 0 Å². The minimum atomic E-state index is -4.13. The molecule has 6 nitrogen and oxygen atoms in total. The third-order valence-corrected chi connectivity index (χ3v) is 12.3. The number of ether oxygens (including phenoxy) is 2. The first-order chi connectivity index (χ1) is 26.7. The van der Waals surface area contributed by atoms with E-state index in [2.05, 4.69) is 62.6 Å². The van der Waals surface area contributed by atoms with Gasteiger partial charge in [0.2, 0.25) is 0 Å². The van der Waals surface area contributed by atoms with Crippen molar-refractivity contribution >= 4 is 0 Å². The molecule has 0 bridgehead atoms. The average Bonchev–Trinajstić information content (AvgIpc) is 3.18. The molecule has 3 aromatic carbocycles. The fraction of sp³-hybridized carbons (Fsp3) is 0.617. The second kappa shape index (κ2) is 19.9. The molecule has 1 aliphatic carbocycles. The van der Waals surface area contributed by atoms with Gasteiger partial charge >= 0.3 is 6.18 Å². The van der Waals surface area contributed by atoms with Crippen LogP contribution in [0.15, 0.2) is 36.4 Å². The van der Waals surface area contributed by atoms with Crippen LogP contribution in [0.25, 0.3) is 0 Å². The molecule has 3 aliphatic heterocycles. The standard InChI is InChI=1S/C16H23NO.C16H25NO.C15H20F3NO/c1-12-15-9-10-17(14-5-3-2-4-6-14)11-13(15)7-8-16(12)18;1-5-9-17-10-8-14-13(11-17)6-7-15(18-4)16(14)12(2)3;1-10(2)14-12-6-7-19(9-15(16,17)18)8-11(12)4-5-13(14)20-3/h7-8,14,18H,2-6,9-11H2,1H3;6-7,12H,5,8-11H2,1-4H3;4-5,10H,6-9H2,1-3H3. The van der Waals surface area contributed by atoms with Crippen LogP contribution in [0.1, 0.15) is 135 Å². The van der Waals surface area contributed by atoms with Crippen LogP contribution in [0.5, 0.6) is 17.2 Å². The number of methoxy groups -OCH3 is 2. The van der Waals surface area contributed by atoms with Crippen molar-refractivity contribution in [3.63, 3.8) is 0 Å². The number of aromatic hydroxyl groups is 1. The maximum Gasteiger partial charge on any atom is 0.401 e. The molecule has 1 fully saturated rings. The van der Waals surface area contributed by atoms with Gasteiger partial charge in [-0.25, -0.2) is 0 Å². The van der Waals surface area contributed by atoms with Gasteiger partial charge in [-0.05, 0) is 121 Å². The van der Waals surface area contributed by atoms with Crippen LogP contribution < -0.4 is 9.47 Å². The molecule has 0 aromatic heterocycles. The third-order valence-electron chi connectivity index (χ3n) is 12.3. The first-order valence-corrected chi connectivity index (χ1v) is 21.2. The number of fused-ring (bicyclic) bond motifs is 3. The van der Waals surface area contributed by atoms with Gasteiger partial charge in [-0.2, -0.15) is 13.2 Å². The van der Waals surface area contributed by atoms with Crippen molar-refractivity contribution < 1.29 is 27.8 Å². The number of benzene rings is 3. The van der Waals surface area contributed by atoms with Crippen molar-refractivity contribution in [1.82, 2.24) is 14.7 Å². The van der Waals surface area contributed by atoms with Crippen molar-refractivity contribution in [2.24, 2.45) is 0 Å². The average molecular weight is 780 g/mol. The van der Waals surface area contributed by atoms with Crippen molar-refractivity contribution in [2.45, 2.75) is 143 Å². The summed E-state index contributed by atoms with van der Waals surface area (Å²) in [6.07, 6.45) is 7.02. The highest BCUT2D eigenvalue weighted by Crippen LogP contribution is 2.37. The van der Waals surface area contributed by atoms with E-state index in [1.54, 1.807) is 14.2 Å². The third kappa shape index (κ3) is 11.0. The molecule has 0 unspecified atom stereocenters. The fourth-order valence-corrected chi connectivity index (χ4v) is 9.57. The lowest BCUT2D eigenvalue weighted by molar-refractivity contribution is -0.147. The molecule has 1 N–H and O–H groups in total. The van der Waals surface area contributed by atoms with Crippen molar-refractivity contribution in [3.8, 4) is 17.2 Å². The molecule has 4 aliphatic rings. The molecule has 3 aromatic rings. The van der Waals surface area contributed by atoms with Crippen LogP contribution in [0.3, 0.4) is 0 Å². The first-order valence-electron chi connectivity index (χ1n) is 21.2. The van der Waals surface area contributed by atoms with Gasteiger partial charge in [0.05, 0.1) is 20.8 Å². The fourth-order valence-electron chi connectivity index (χ4n) is 9.57. The Balaban J connectivity index is 0.000000161. The van der Waals surface area contributed by atoms with E-state index >= 15 is 0 Å². The highest BCUT2D eigenvalue weighted by molar-refractivity contribution is 5.49. The molecule has 0 saturated heterocycles. The predicted molar refractivity (Wildman–Crippen MR) is 222 cm³/mol. The van der Waals surface area contributed by atoms with Crippen molar-refractivity contribution in [3.05, 3.63) is 86.5 Å². The number of phenolic OH excluding ortho intramolecular Hbond substituents is 1. The molecule has 7 rings (SSSR count). The molecule has 0 amide bonds. The Labute approximate surface area is 335 Å². The Morgan fingerprint density at radius 1 is 0.696 bits per heavy atom. The molecule has 56 heavy (non-hydrogen) atoms. The molecular formula is C47H68F3N3O3. The lowest BCUT2D eigenvalue weighted by Crippen LogP contribution is -2.40. The number of phenols is 1. The molecular weight excluding hydrogens is 712 g/mol. The summed E-state index contributed by atoms with van der Waals surface area (Å²) in [6, 6.07) is 12.9. The number of hydrogen-bond donors (Lipinski definition) is 1. The number of alkyl halides is 3. The summed E-state index contributed by atoms with van der Waals surface area (Å²) in [5.74, 6) is 3.19. The van der Waals surface area contributed by atoms with Crippen LogP contribution in [0.4, 0.5) is 13.2 Å². The van der Waals surface area contributed by atoms with E-state index < -0.39 is 12.7 Å². The number of rotatable bonds is 8. The molecule has 3 heterocycles. The maximum absolute atomic E-state index is 12.5. The Kier molecular flexibility index (Phi) is 15.6. The van der Waals surface area contributed by atoms with Crippen LogP contribution in [0, 0.1) is 6.92 Å². The zero-order valence-corrected chi connectivity index (χ0v) is 35.5. The molecule has 310 valence electrons. The second-order valence-electron chi connectivity index (χ2n) is 16.9. The summed E-state index contributed by atoms with van der Waals surface area (Å²) in [6.45, 7) is 18.7. The van der Waals surface area contributed by atoms with Gasteiger partial charge in [0.15, 0.2) is 0 Å². The van der Waals surface area contributed by atoms with E-state index in [-0.39, 0.29) is 0 Å². The highest BCUT2D eigenvalue weighted by atomic mass is 19.4. The first kappa shape index (κ1) is 43.8. The van der Waals surface area contributed by atoms with Crippen LogP contribution in [-0.2, 0) is 38.9 Å². The lowest BCUT2D eigenvalue weighted by Gasteiger charge is -2.38. The highest BCUT2D eigenvalue weighted by Gasteiger charge is 2.33. The second-order valence-corrected chi connectivity index (χ2v) is 16.9. The van der Waals surface area contributed by atoms with Crippen LogP contribution >= 0.6 is 0 Å². The van der Waals surface area contributed by atoms with E-state index in [1.807, 2.05) is 25.1 Å². The lowest BCUT2D eigenvalue weighted by atomic mass is 9.88. The van der Waals surface area contributed by atoms with E-state index in [1.165, 1.54) is 97.3 Å². The monoisotopic (exact) mass is 780 g/mol. The van der Waals surface area contributed by atoms with Gasteiger partial charge < -0.3 is 14.6 Å². The Morgan fingerprint density at radius 3 is 1.71 bits per heavy atom. The van der Waals surface area contributed by atoms with E-state index in [0.29, 0.717) is 37.1 Å². The molecule has 1 saturated carbocycles. The van der Waals surface area contributed by atoms with Gasteiger partial charge in [-0.3, -0.25) is 14.7 Å².